The maximum Gasteiger partial charge on any atom is 0.224 e. The number of isothiocyanates is 1. The molecule has 6 N–H and O–H groups in total. The van der Waals surface area contributed by atoms with Crippen LogP contribution in [0.2, 0.25) is 0 Å². The summed E-state index contributed by atoms with van der Waals surface area (Å²) in [6.45, 7) is 6.78. The summed E-state index contributed by atoms with van der Waals surface area (Å²) in [7, 11) is 1.50. The molecule has 4 amide bonds. The molecule has 0 unspecified atom stereocenters. The molecule has 0 aliphatic heterocycles. The largest absolute Gasteiger partial charge is 0.356 e. The summed E-state index contributed by atoms with van der Waals surface area (Å²) in [5.74, 6) is -0.258. The van der Waals surface area contributed by atoms with Crippen molar-refractivity contribution in [2.24, 2.45) is 32.4 Å². The van der Waals surface area contributed by atoms with Crippen molar-refractivity contribution in [2.75, 3.05) is 33.2 Å². The Balaban J connectivity index is 0.00000226. The summed E-state index contributed by atoms with van der Waals surface area (Å²) in [6.07, 6.45) is 5.60. The van der Waals surface area contributed by atoms with Crippen LogP contribution in [-0.2, 0) is 25.6 Å². The number of rotatable bonds is 11. The Morgan fingerprint density at radius 1 is 0.707 bits per heavy atom. The average Bonchev–Trinajstić information content (AvgIpc) is 2.91. The molecule has 4 aliphatic rings. The molecule has 11 heteroatoms. The van der Waals surface area contributed by atoms with E-state index in [9.17, 15) is 19.2 Å². The van der Waals surface area contributed by atoms with Gasteiger partial charge >= 0.3 is 0 Å². The monoisotopic (exact) mass is 584 g/mol. The Morgan fingerprint density at radius 3 is 1.37 bits per heavy atom. The summed E-state index contributed by atoms with van der Waals surface area (Å²) in [5, 5.41) is 14.8. The highest BCUT2D eigenvalue weighted by atomic mass is 32.1. The molecule has 0 saturated heterocycles. The number of carbonyl (C=O) groups is 4. The fourth-order valence-corrected chi connectivity index (χ4v) is 8.59. The summed E-state index contributed by atoms with van der Waals surface area (Å²) in [6, 6.07) is 7.35. The van der Waals surface area contributed by atoms with Crippen LogP contribution >= 0.6 is 12.2 Å². The smallest absolute Gasteiger partial charge is 0.224 e. The van der Waals surface area contributed by atoms with Crippen LogP contribution in [0.1, 0.15) is 64.9 Å². The van der Waals surface area contributed by atoms with E-state index in [2.05, 4.69) is 49.4 Å². The first-order valence-corrected chi connectivity index (χ1v) is 14.6. The number of carbonyl (C=O) groups excluding carboxylic acids is 4. The first kappa shape index (κ1) is 32.4. The van der Waals surface area contributed by atoms with Gasteiger partial charge in [0.2, 0.25) is 23.6 Å². The Kier molecular flexibility index (Phi) is 10.4. The van der Waals surface area contributed by atoms with Crippen molar-refractivity contribution >= 4 is 46.7 Å². The van der Waals surface area contributed by atoms with Crippen LogP contribution < -0.4 is 27.0 Å². The molecule has 0 atom stereocenters. The summed E-state index contributed by atoms with van der Waals surface area (Å²) in [5.41, 5.74) is 5.38. The number of nitrogens with zero attached hydrogens (tertiary/aromatic N) is 1. The SMILES string of the molecule is CC(=O)NCC12CC3(CNC(C)=O)CC(CNC(C)=O)(C1)CC(CNC(=O)Cc1ccc(N=C=S)cc1)(C2)C3.CN. The van der Waals surface area contributed by atoms with E-state index in [4.69, 9.17) is 0 Å². The quantitative estimate of drug-likeness (QED) is 0.199. The van der Waals surface area contributed by atoms with Gasteiger partial charge in [-0.1, -0.05) is 12.1 Å². The van der Waals surface area contributed by atoms with Gasteiger partial charge in [-0.3, -0.25) is 19.2 Å². The van der Waals surface area contributed by atoms with E-state index in [0.29, 0.717) is 31.9 Å². The topological polar surface area (TPSA) is 155 Å². The van der Waals surface area contributed by atoms with Crippen molar-refractivity contribution in [2.45, 2.75) is 65.7 Å². The highest BCUT2D eigenvalue weighted by molar-refractivity contribution is 7.78. The third kappa shape index (κ3) is 8.21. The fourth-order valence-electron chi connectivity index (χ4n) is 8.48. The van der Waals surface area contributed by atoms with Crippen molar-refractivity contribution in [3.8, 4) is 0 Å². The number of nitrogens with one attached hydrogen (secondary N) is 4. The average molecular weight is 585 g/mol. The maximum atomic E-state index is 13.1. The molecule has 4 fully saturated rings. The lowest BCUT2D eigenvalue weighted by atomic mass is 9.35. The van der Waals surface area contributed by atoms with Crippen LogP contribution in [0.3, 0.4) is 0 Å². The Morgan fingerprint density at radius 2 is 1.05 bits per heavy atom. The van der Waals surface area contributed by atoms with E-state index >= 15 is 0 Å². The molecule has 1 aromatic carbocycles. The Hall–Kier alpha value is -3.14. The van der Waals surface area contributed by atoms with Gasteiger partial charge in [-0.05, 0) is 97.1 Å². The second kappa shape index (κ2) is 13.2. The normalized spacial score (nSPS) is 28.8. The lowest BCUT2D eigenvalue weighted by Gasteiger charge is -2.71. The van der Waals surface area contributed by atoms with E-state index in [0.717, 1.165) is 44.1 Å². The zero-order valence-electron chi connectivity index (χ0n) is 24.7. The molecule has 4 bridgehead atoms. The third-order valence-corrected chi connectivity index (χ3v) is 8.86. The van der Waals surface area contributed by atoms with Gasteiger partial charge < -0.3 is 27.0 Å². The van der Waals surface area contributed by atoms with Gasteiger partial charge in [0, 0.05) is 47.0 Å². The third-order valence-electron chi connectivity index (χ3n) is 8.77. The summed E-state index contributed by atoms with van der Waals surface area (Å²) >= 11 is 4.65. The molecule has 41 heavy (non-hydrogen) atoms. The van der Waals surface area contributed by atoms with E-state index < -0.39 is 0 Å². The van der Waals surface area contributed by atoms with Gasteiger partial charge in [0.05, 0.1) is 17.3 Å². The van der Waals surface area contributed by atoms with Gasteiger partial charge in [0.15, 0.2) is 0 Å². The van der Waals surface area contributed by atoms with E-state index in [1.54, 1.807) is 0 Å². The number of nitrogens with two attached hydrogens (primary N) is 1. The van der Waals surface area contributed by atoms with Crippen LogP contribution in [0.25, 0.3) is 0 Å². The molecule has 4 saturated carbocycles. The maximum absolute atomic E-state index is 13.1. The zero-order chi connectivity index (χ0) is 30.3. The first-order valence-electron chi connectivity index (χ1n) is 14.1. The molecule has 1 aromatic rings. The fraction of sp³-hybridized carbons (Fsp3) is 0.633. The number of hydrogen-bond donors (Lipinski definition) is 5. The van der Waals surface area contributed by atoms with Crippen molar-refractivity contribution in [1.29, 1.82) is 0 Å². The highest BCUT2D eigenvalue weighted by Gasteiger charge is 2.67. The van der Waals surface area contributed by atoms with Crippen LogP contribution in [0.5, 0.6) is 0 Å². The van der Waals surface area contributed by atoms with Crippen molar-refractivity contribution in [3.05, 3.63) is 29.8 Å². The van der Waals surface area contributed by atoms with Crippen molar-refractivity contribution in [3.63, 3.8) is 0 Å². The molecular formula is C30H44N6O4S. The molecule has 0 spiro atoms. The van der Waals surface area contributed by atoms with Crippen LogP contribution in [-0.4, -0.2) is 62.0 Å². The van der Waals surface area contributed by atoms with Gasteiger partial charge in [-0.25, -0.2) is 0 Å². The second-order valence-electron chi connectivity index (χ2n) is 12.6. The minimum absolute atomic E-state index is 0.0560. The standard InChI is InChI=1S/C29H39N5O4S.CH5N/c1-20(35)30-15-26-9-27(16-31-21(2)36)11-28(10-26,17-32-22(3)37)14-29(12-26,13-27)18-33-25(38)8-23-4-6-24(7-5-23)34-19-39;1-2/h4-7H,8-18H2,1-3H3,(H,30,35)(H,31,36)(H,32,37)(H,33,38);2H2,1H3. The Bertz CT molecular complexity index is 1100. The van der Waals surface area contributed by atoms with Gasteiger partial charge in [0.1, 0.15) is 0 Å². The minimum Gasteiger partial charge on any atom is -0.356 e. The first-order chi connectivity index (χ1) is 19.4. The lowest BCUT2D eigenvalue weighted by Crippen LogP contribution is -2.68. The molecule has 4 aliphatic carbocycles. The molecule has 0 radical (unpaired) electrons. The molecular weight excluding hydrogens is 540 g/mol. The number of thiocarbonyl (C=S) groups is 1. The number of aliphatic imine (C=N–C) groups is 1. The number of hydrogen-bond acceptors (Lipinski definition) is 7. The Labute approximate surface area is 248 Å². The summed E-state index contributed by atoms with van der Waals surface area (Å²) < 4.78 is 0. The van der Waals surface area contributed by atoms with Crippen LogP contribution in [0.15, 0.2) is 29.3 Å². The predicted molar refractivity (Wildman–Crippen MR) is 161 cm³/mol. The molecule has 0 heterocycles. The number of benzene rings is 1. The number of amides is 4. The van der Waals surface area contributed by atoms with E-state index in [1.807, 2.05) is 24.3 Å². The van der Waals surface area contributed by atoms with Crippen molar-refractivity contribution < 1.29 is 19.2 Å². The zero-order valence-corrected chi connectivity index (χ0v) is 25.5. The van der Waals surface area contributed by atoms with Crippen molar-refractivity contribution in [1.82, 2.24) is 21.3 Å². The molecule has 10 nitrogen and oxygen atoms in total. The second-order valence-corrected chi connectivity index (χ2v) is 12.8. The van der Waals surface area contributed by atoms with Gasteiger partial charge in [-0.2, -0.15) is 4.99 Å². The molecule has 5 rings (SSSR count). The van der Waals surface area contributed by atoms with Gasteiger partial charge in [-0.15, -0.1) is 0 Å². The van der Waals surface area contributed by atoms with E-state index in [1.165, 1.54) is 27.8 Å². The lowest BCUT2D eigenvalue weighted by molar-refractivity contribution is -0.197. The predicted octanol–water partition coefficient (Wildman–Crippen LogP) is 2.39. The highest BCUT2D eigenvalue weighted by Crippen LogP contribution is 2.73. The molecule has 224 valence electrons. The van der Waals surface area contributed by atoms with Crippen LogP contribution in [0.4, 0.5) is 5.69 Å². The van der Waals surface area contributed by atoms with Crippen LogP contribution in [0, 0.1) is 21.7 Å². The van der Waals surface area contributed by atoms with E-state index in [-0.39, 0.29) is 51.7 Å². The minimum atomic E-state index is -0.197. The summed E-state index contributed by atoms with van der Waals surface area (Å²) in [4.78, 5) is 52.9. The molecule has 0 aromatic heterocycles. The van der Waals surface area contributed by atoms with Gasteiger partial charge in [0.25, 0.3) is 0 Å².